The molecular formula is C10H16N2O3. The van der Waals surface area contributed by atoms with Crippen LogP contribution in [0.1, 0.15) is 30.8 Å². The molecule has 0 saturated carbocycles. The van der Waals surface area contributed by atoms with Gasteiger partial charge in [-0.2, -0.15) is 0 Å². The third kappa shape index (κ3) is 4.60. The smallest absolute Gasteiger partial charge is 0.289 e. The highest BCUT2D eigenvalue weighted by Crippen LogP contribution is 1.95. The van der Waals surface area contributed by atoms with Gasteiger partial charge in [0.2, 0.25) is 5.76 Å². The summed E-state index contributed by atoms with van der Waals surface area (Å²) in [6, 6.07) is 1.53. The zero-order chi connectivity index (χ0) is 11.1. The molecule has 5 nitrogen and oxygen atoms in total. The first-order valence-corrected chi connectivity index (χ1v) is 5.00. The predicted molar refractivity (Wildman–Crippen MR) is 54.5 cm³/mol. The number of rotatable bonds is 6. The number of amides is 1. The van der Waals surface area contributed by atoms with Crippen LogP contribution in [0.2, 0.25) is 0 Å². The van der Waals surface area contributed by atoms with Gasteiger partial charge in [-0.15, -0.1) is 0 Å². The van der Waals surface area contributed by atoms with Crippen LogP contribution in [0.25, 0.3) is 0 Å². The number of carbonyl (C=O) groups is 1. The first kappa shape index (κ1) is 11.7. The summed E-state index contributed by atoms with van der Waals surface area (Å²) in [4.78, 5) is 11.3. The summed E-state index contributed by atoms with van der Waals surface area (Å²) in [5.41, 5.74) is 0. The maximum atomic E-state index is 11.3. The van der Waals surface area contributed by atoms with E-state index in [0.29, 0.717) is 13.2 Å². The number of nitrogens with one attached hydrogen (secondary N) is 1. The lowest BCUT2D eigenvalue weighted by Crippen LogP contribution is -2.25. The number of hydrogen-bond donors (Lipinski definition) is 1. The van der Waals surface area contributed by atoms with Gasteiger partial charge in [0.25, 0.3) is 5.91 Å². The summed E-state index contributed by atoms with van der Waals surface area (Å²) in [6.45, 7) is 5.18. The second-order valence-electron chi connectivity index (χ2n) is 3.41. The molecule has 0 aliphatic carbocycles. The third-order valence-corrected chi connectivity index (χ3v) is 1.72. The van der Waals surface area contributed by atoms with Crippen molar-refractivity contribution in [1.82, 2.24) is 10.5 Å². The van der Waals surface area contributed by atoms with Crippen molar-refractivity contribution in [1.29, 1.82) is 0 Å². The Kier molecular flexibility index (Phi) is 4.83. The Balaban J connectivity index is 2.08. The Hall–Kier alpha value is -1.36. The summed E-state index contributed by atoms with van der Waals surface area (Å²) in [5.74, 6) is -0.00294. The minimum absolute atomic E-state index is 0.231. The third-order valence-electron chi connectivity index (χ3n) is 1.72. The highest BCUT2D eigenvalue weighted by atomic mass is 16.5. The fourth-order valence-corrected chi connectivity index (χ4v) is 1.01. The van der Waals surface area contributed by atoms with E-state index in [-0.39, 0.29) is 17.8 Å². The van der Waals surface area contributed by atoms with Gasteiger partial charge in [-0.3, -0.25) is 4.79 Å². The van der Waals surface area contributed by atoms with Crippen LogP contribution in [0.4, 0.5) is 0 Å². The zero-order valence-electron chi connectivity index (χ0n) is 9.03. The molecule has 0 aliphatic heterocycles. The molecule has 15 heavy (non-hydrogen) atoms. The van der Waals surface area contributed by atoms with Crippen LogP contribution in [-0.4, -0.2) is 30.3 Å². The first-order valence-electron chi connectivity index (χ1n) is 5.00. The van der Waals surface area contributed by atoms with Gasteiger partial charge in [0.1, 0.15) is 0 Å². The van der Waals surface area contributed by atoms with E-state index in [0.717, 1.165) is 6.42 Å². The quantitative estimate of drug-likeness (QED) is 0.720. The van der Waals surface area contributed by atoms with Crippen molar-refractivity contribution in [2.24, 2.45) is 0 Å². The summed E-state index contributed by atoms with van der Waals surface area (Å²) in [7, 11) is 0. The largest absolute Gasteiger partial charge is 0.379 e. The lowest BCUT2D eigenvalue weighted by molar-refractivity contribution is 0.0752. The lowest BCUT2D eigenvalue weighted by atomic mass is 10.4. The van der Waals surface area contributed by atoms with E-state index in [2.05, 4.69) is 10.5 Å². The van der Waals surface area contributed by atoms with Crippen molar-refractivity contribution >= 4 is 5.91 Å². The van der Waals surface area contributed by atoms with Gasteiger partial charge >= 0.3 is 0 Å². The van der Waals surface area contributed by atoms with Crippen molar-refractivity contribution in [2.45, 2.75) is 26.4 Å². The van der Waals surface area contributed by atoms with E-state index in [1.54, 1.807) is 0 Å². The minimum Gasteiger partial charge on any atom is -0.379 e. The minimum atomic E-state index is -0.239. The molecular weight excluding hydrogens is 196 g/mol. The summed E-state index contributed by atoms with van der Waals surface area (Å²) >= 11 is 0. The second kappa shape index (κ2) is 6.19. The van der Waals surface area contributed by atoms with E-state index in [4.69, 9.17) is 9.26 Å². The Labute approximate surface area is 88.8 Å². The van der Waals surface area contributed by atoms with E-state index in [1.807, 2.05) is 13.8 Å². The topological polar surface area (TPSA) is 64.4 Å². The van der Waals surface area contributed by atoms with Crippen LogP contribution in [0.15, 0.2) is 16.8 Å². The molecule has 1 N–H and O–H groups in total. The Morgan fingerprint density at radius 1 is 1.67 bits per heavy atom. The van der Waals surface area contributed by atoms with E-state index >= 15 is 0 Å². The van der Waals surface area contributed by atoms with Gasteiger partial charge in [-0.25, -0.2) is 0 Å². The van der Waals surface area contributed by atoms with Gasteiger partial charge in [-0.05, 0) is 20.3 Å². The van der Waals surface area contributed by atoms with Crippen LogP contribution in [-0.2, 0) is 4.74 Å². The van der Waals surface area contributed by atoms with Crippen LogP contribution in [0.3, 0.4) is 0 Å². The van der Waals surface area contributed by atoms with Gasteiger partial charge in [-0.1, -0.05) is 5.16 Å². The molecule has 0 saturated heterocycles. The fourth-order valence-electron chi connectivity index (χ4n) is 1.01. The highest BCUT2D eigenvalue weighted by molar-refractivity contribution is 5.91. The van der Waals surface area contributed by atoms with Crippen molar-refractivity contribution < 1.29 is 14.1 Å². The fraction of sp³-hybridized carbons (Fsp3) is 0.600. The average Bonchev–Trinajstić information content (AvgIpc) is 2.69. The maximum absolute atomic E-state index is 11.3. The standard InChI is InChI=1S/C10H16N2O3/c1-8(2)14-7-3-5-11-10(13)9-4-6-12-15-9/h4,6,8H,3,5,7H2,1-2H3,(H,11,13). The average molecular weight is 212 g/mol. The monoisotopic (exact) mass is 212 g/mol. The van der Waals surface area contributed by atoms with Gasteiger partial charge < -0.3 is 14.6 Å². The number of hydrogen-bond acceptors (Lipinski definition) is 4. The SMILES string of the molecule is CC(C)OCCCNC(=O)c1ccno1. The van der Waals surface area contributed by atoms with Gasteiger partial charge in [0.15, 0.2) is 0 Å². The number of ether oxygens (including phenoxy) is 1. The number of nitrogens with zero attached hydrogens (tertiary/aromatic N) is 1. The molecule has 0 aliphatic rings. The Morgan fingerprint density at radius 3 is 3.07 bits per heavy atom. The van der Waals surface area contributed by atoms with Gasteiger partial charge in [0, 0.05) is 19.2 Å². The van der Waals surface area contributed by atoms with E-state index < -0.39 is 0 Å². The van der Waals surface area contributed by atoms with Crippen LogP contribution >= 0.6 is 0 Å². The van der Waals surface area contributed by atoms with Crippen LogP contribution < -0.4 is 5.32 Å². The van der Waals surface area contributed by atoms with Crippen LogP contribution in [0.5, 0.6) is 0 Å². The van der Waals surface area contributed by atoms with Crippen LogP contribution in [0, 0.1) is 0 Å². The molecule has 1 amide bonds. The summed E-state index contributed by atoms with van der Waals surface area (Å²) < 4.78 is 10.0. The number of carbonyl (C=O) groups excluding carboxylic acids is 1. The Morgan fingerprint density at radius 2 is 2.47 bits per heavy atom. The molecule has 0 fully saturated rings. The number of aromatic nitrogens is 1. The molecule has 1 aromatic heterocycles. The molecule has 0 spiro atoms. The van der Waals surface area contributed by atoms with Crippen molar-refractivity contribution in [2.75, 3.05) is 13.2 Å². The molecule has 84 valence electrons. The van der Waals surface area contributed by atoms with Gasteiger partial charge in [0.05, 0.1) is 12.3 Å². The summed E-state index contributed by atoms with van der Waals surface area (Å²) in [5, 5.41) is 6.16. The van der Waals surface area contributed by atoms with E-state index in [1.165, 1.54) is 12.3 Å². The highest BCUT2D eigenvalue weighted by Gasteiger charge is 2.07. The normalized spacial score (nSPS) is 10.6. The van der Waals surface area contributed by atoms with Crippen molar-refractivity contribution in [3.8, 4) is 0 Å². The molecule has 0 atom stereocenters. The molecule has 0 radical (unpaired) electrons. The first-order chi connectivity index (χ1) is 7.20. The molecule has 0 bridgehead atoms. The molecule has 0 aromatic carbocycles. The molecule has 1 heterocycles. The van der Waals surface area contributed by atoms with Crippen molar-refractivity contribution in [3.63, 3.8) is 0 Å². The molecule has 5 heteroatoms. The molecule has 1 rings (SSSR count). The summed E-state index contributed by atoms with van der Waals surface area (Å²) in [6.07, 6.45) is 2.46. The molecule has 1 aromatic rings. The predicted octanol–water partition coefficient (Wildman–Crippen LogP) is 1.22. The molecule has 0 unspecified atom stereocenters. The van der Waals surface area contributed by atoms with Crippen molar-refractivity contribution in [3.05, 3.63) is 18.0 Å². The zero-order valence-corrected chi connectivity index (χ0v) is 9.03. The Bertz CT molecular complexity index is 283. The maximum Gasteiger partial charge on any atom is 0.289 e. The lowest BCUT2D eigenvalue weighted by Gasteiger charge is -2.07. The van der Waals surface area contributed by atoms with E-state index in [9.17, 15) is 4.79 Å². The second-order valence-corrected chi connectivity index (χ2v) is 3.41.